The van der Waals surface area contributed by atoms with Crippen molar-refractivity contribution in [3.05, 3.63) is 74.2 Å². The van der Waals surface area contributed by atoms with Crippen molar-refractivity contribution in [1.82, 2.24) is 9.97 Å². The minimum absolute atomic E-state index is 0.223. The summed E-state index contributed by atoms with van der Waals surface area (Å²) >= 11 is 9.71. The van der Waals surface area contributed by atoms with E-state index in [1.165, 1.54) is 25.3 Å². The van der Waals surface area contributed by atoms with E-state index in [1.807, 2.05) is 24.3 Å². The Bertz CT molecular complexity index is 1060. The first-order valence-corrected chi connectivity index (χ1v) is 8.40. The van der Waals surface area contributed by atoms with Crippen molar-refractivity contribution in [3.63, 3.8) is 0 Å². The molecule has 1 aromatic heterocycles. The number of hydrogen-bond donors (Lipinski definition) is 1. The van der Waals surface area contributed by atoms with Gasteiger partial charge in [-0.2, -0.15) is 0 Å². The Labute approximate surface area is 156 Å². The molecule has 0 spiro atoms. The van der Waals surface area contributed by atoms with E-state index in [4.69, 9.17) is 11.6 Å². The molecule has 1 N–H and O–H groups in total. The lowest BCUT2D eigenvalue weighted by atomic mass is 10.1. The first-order chi connectivity index (χ1) is 12.0. The number of H-pyrrole nitrogens is 1. The highest BCUT2D eigenvalue weighted by atomic mass is 79.9. The summed E-state index contributed by atoms with van der Waals surface area (Å²) in [6, 6.07) is 12.1. The van der Waals surface area contributed by atoms with Crippen molar-refractivity contribution < 1.29 is 9.53 Å². The van der Waals surface area contributed by atoms with Gasteiger partial charge in [-0.15, -0.1) is 0 Å². The second kappa shape index (κ2) is 7.21. The highest BCUT2D eigenvalue weighted by molar-refractivity contribution is 9.10. The fraction of sp³-hybridized carbons (Fsp3) is 0.0556. The fourth-order valence-electron chi connectivity index (χ4n) is 2.31. The number of fused-ring (bicyclic) bond motifs is 1. The molecule has 5 nitrogen and oxygen atoms in total. The third-order valence-corrected chi connectivity index (χ3v) is 4.28. The van der Waals surface area contributed by atoms with Crippen molar-refractivity contribution in [2.24, 2.45) is 0 Å². The van der Waals surface area contributed by atoms with Crippen LogP contribution in [-0.4, -0.2) is 23.0 Å². The van der Waals surface area contributed by atoms with E-state index in [-0.39, 0.29) is 16.4 Å². The highest BCUT2D eigenvalue weighted by Gasteiger charge is 2.11. The Morgan fingerprint density at radius 1 is 1.28 bits per heavy atom. The molecule has 3 aromatic rings. The van der Waals surface area contributed by atoms with Crippen LogP contribution in [-0.2, 0) is 4.74 Å². The molecule has 0 bridgehead atoms. The fourth-order valence-corrected chi connectivity index (χ4v) is 2.94. The number of nitrogens with one attached hydrogen (secondary N) is 1. The van der Waals surface area contributed by atoms with Crippen LogP contribution in [0.1, 0.15) is 21.7 Å². The number of methoxy groups -OCH3 is 1. The third-order valence-electron chi connectivity index (χ3n) is 3.50. The van der Waals surface area contributed by atoms with E-state index in [0.29, 0.717) is 16.5 Å². The molecule has 0 saturated carbocycles. The van der Waals surface area contributed by atoms with Crippen molar-refractivity contribution in [3.8, 4) is 0 Å². The van der Waals surface area contributed by atoms with Crippen LogP contribution in [0.15, 0.2) is 51.7 Å². The normalized spacial score (nSPS) is 11.6. The van der Waals surface area contributed by atoms with Crippen LogP contribution in [0.5, 0.6) is 0 Å². The number of aromatic nitrogens is 2. The van der Waals surface area contributed by atoms with E-state index in [2.05, 4.69) is 30.6 Å². The van der Waals surface area contributed by atoms with Crippen LogP contribution in [0.3, 0.4) is 0 Å². The summed E-state index contributed by atoms with van der Waals surface area (Å²) in [6.45, 7) is 0. The lowest BCUT2D eigenvalue weighted by Crippen LogP contribution is -2.11. The molecule has 3 rings (SSSR count). The maximum absolute atomic E-state index is 12.3. The van der Waals surface area contributed by atoms with E-state index >= 15 is 0 Å². The number of halogens is 2. The zero-order valence-corrected chi connectivity index (χ0v) is 15.4. The lowest BCUT2D eigenvalue weighted by molar-refractivity contribution is 0.0601. The molecule has 0 aliphatic heterocycles. The van der Waals surface area contributed by atoms with Gasteiger partial charge in [-0.25, -0.2) is 9.78 Å². The van der Waals surface area contributed by atoms with Crippen LogP contribution in [0.4, 0.5) is 0 Å². The van der Waals surface area contributed by atoms with Gasteiger partial charge < -0.3 is 9.72 Å². The van der Waals surface area contributed by atoms with Gasteiger partial charge in [0.15, 0.2) is 5.82 Å². The Morgan fingerprint density at radius 2 is 2.08 bits per heavy atom. The van der Waals surface area contributed by atoms with Gasteiger partial charge in [-0.1, -0.05) is 39.7 Å². The Kier molecular flexibility index (Phi) is 5.01. The zero-order valence-electron chi connectivity index (χ0n) is 13.0. The van der Waals surface area contributed by atoms with Crippen molar-refractivity contribution >= 4 is 55.5 Å². The second-order valence-electron chi connectivity index (χ2n) is 5.19. The van der Waals surface area contributed by atoms with Gasteiger partial charge in [0.1, 0.15) is 0 Å². The quantitative estimate of drug-likeness (QED) is 0.646. The molecule has 0 aliphatic rings. The Balaban J connectivity index is 2.10. The van der Waals surface area contributed by atoms with E-state index in [1.54, 1.807) is 6.08 Å². The summed E-state index contributed by atoms with van der Waals surface area (Å²) in [5, 5.41) is 0.642. The van der Waals surface area contributed by atoms with Crippen molar-refractivity contribution in [1.29, 1.82) is 0 Å². The summed E-state index contributed by atoms with van der Waals surface area (Å²) in [6.07, 6.45) is 1.70. The molecule has 25 heavy (non-hydrogen) atoms. The minimum Gasteiger partial charge on any atom is -0.465 e. The molecule has 0 atom stereocenters. The highest BCUT2D eigenvalue weighted by Crippen LogP contribution is 2.22. The van der Waals surface area contributed by atoms with Crippen LogP contribution in [0.25, 0.3) is 22.0 Å². The Hall–Kier alpha value is -2.44. The van der Waals surface area contributed by atoms with Crippen molar-refractivity contribution in [2.45, 2.75) is 0 Å². The molecular weight excluding hydrogens is 408 g/mol. The molecule has 0 amide bonds. The first kappa shape index (κ1) is 17.4. The number of esters is 1. The van der Waals surface area contributed by atoms with E-state index < -0.39 is 5.97 Å². The lowest BCUT2D eigenvalue weighted by Gasteiger charge is -2.04. The molecule has 0 fully saturated rings. The number of carbonyl (C=O) groups excluding carboxylic acids is 1. The number of hydrogen-bond acceptors (Lipinski definition) is 4. The molecule has 0 saturated heterocycles. The van der Waals surface area contributed by atoms with Crippen LogP contribution >= 0.6 is 27.5 Å². The second-order valence-corrected chi connectivity index (χ2v) is 6.51. The summed E-state index contributed by atoms with van der Waals surface area (Å²) in [5.41, 5.74) is 1.19. The number of nitrogens with zero attached hydrogens (tertiary/aromatic N) is 1. The van der Waals surface area contributed by atoms with Gasteiger partial charge in [-0.3, -0.25) is 4.79 Å². The third kappa shape index (κ3) is 3.81. The van der Waals surface area contributed by atoms with Crippen LogP contribution in [0, 0.1) is 0 Å². The number of benzene rings is 2. The molecule has 0 unspecified atom stereocenters. The SMILES string of the molecule is COC(=O)c1ccc2c(=O)[nH]c(C(Cl)=Cc3cccc(Br)c3)nc2c1. The first-order valence-electron chi connectivity index (χ1n) is 7.23. The van der Waals surface area contributed by atoms with Gasteiger partial charge >= 0.3 is 5.97 Å². The van der Waals surface area contributed by atoms with Crippen molar-refractivity contribution in [2.75, 3.05) is 7.11 Å². The maximum atomic E-state index is 12.3. The molecule has 126 valence electrons. The average molecular weight is 420 g/mol. The smallest absolute Gasteiger partial charge is 0.337 e. The van der Waals surface area contributed by atoms with E-state index in [0.717, 1.165) is 10.0 Å². The topological polar surface area (TPSA) is 72.1 Å². The predicted octanol–water partition coefficient (Wildman–Crippen LogP) is 4.21. The summed E-state index contributed by atoms with van der Waals surface area (Å²) in [5.74, 6) is -0.275. The Morgan fingerprint density at radius 3 is 2.80 bits per heavy atom. The van der Waals surface area contributed by atoms with Crippen LogP contribution in [0.2, 0.25) is 0 Å². The zero-order chi connectivity index (χ0) is 18.0. The molecule has 7 heteroatoms. The van der Waals surface area contributed by atoms with Crippen LogP contribution < -0.4 is 5.56 Å². The van der Waals surface area contributed by atoms with Gasteiger partial charge in [0, 0.05) is 4.47 Å². The summed E-state index contributed by atoms with van der Waals surface area (Å²) in [4.78, 5) is 30.9. The van der Waals surface area contributed by atoms with E-state index in [9.17, 15) is 9.59 Å². The van der Waals surface area contributed by atoms with Gasteiger partial charge in [0.25, 0.3) is 5.56 Å². The number of rotatable bonds is 3. The molecule has 0 radical (unpaired) electrons. The minimum atomic E-state index is -0.499. The molecule has 0 aliphatic carbocycles. The number of aromatic amines is 1. The average Bonchev–Trinajstić information content (AvgIpc) is 2.60. The number of ether oxygens (including phenoxy) is 1. The van der Waals surface area contributed by atoms with Gasteiger partial charge in [0.05, 0.1) is 28.6 Å². The number of carbonyl (C=O) groups is 1. The van der Waals surface area contributed by atoms with Gasteiger partial charge in [-0.05, 0) is 42.0 Å². The molecule has 2 aromatic carbocycles. The maximum Gasteiger partial charge on any atom is 0.337 e. The molecule has 1 heterocycles. The monoisotopic (exact) mass is 418 g/mol. The largest absolute Gasteiger partial charge is 0.465 e. The predicted molar refractivity (Wildman–Crippen MR) is 102 cm³/mol. The summed E-state index contributed by atoms with van der Waals surface area (Å²) in [7, 11) is 1.29. The van der Waals surface area contributed by atoms with Gasteiger partial charge in [0.2, 0.25) is 0 Å². The molecular formula is C18H12BrClN2O3. The standard InChI is InChI=1S/C18H12BrClN2O3/c1-25-18(24)11-5-6-13-15(9-11)21-16(22-17(13)23)14(20)8-10-3-2-4-12(19)7-10/h2-9H,1H3,(H,21,22,23). The summed E-state index contributed by atoms with van der Waals surface area (Å²) < 4.78 is 5.60.